The molecule has 0 radical (unpaired) electrons. The summed E-state index contributed by atoms with van der Waals surface area (Å²) in [6.07, 6.45) is 0. The maximum absolute atomic E-state index is 13.2. The Bertz CT molecular complexity index is 494. The molecule has 0 aliphatic heterocycles. The van der Waals surface area contributed by atoms with Crippen LogP contribution >= 0.6 is 15.9 Å². The fourth-order valence-electron chi connectivity index (χ4n) is 1.38. The summed E-state index contributed by atoms with van der Waals surface area (Å²) >= 11 is 3.07. The molecule has 1 aromatic rings. The molecule has 102 valence electrons. The maximum atomic E-state index is 13.2. The molecular formula is C11H16BrFN2O2S. The van der Waals surface area contributed by atoms with E-state index in [1.165, 1.54) is 6.07 Å². The Kier molecular flexibility index (Phi) is 6.20. The minimum atomic E-state index is -3.20. The van der Waals surface area contributed by atoms with Crippen molar-refractivity contribution in [3.63, 3.8) is 0 Å². The van der Waals surface area contributed by atoms with Gasteiger partial charge in [-0.05, 0) is 33.6 Å². The lowest BCUT2D eigenvalue weighted by Gasteiger charge is -2.07. The van der Waals surface area contributed by atoms with Crippen LogP contribution in [0.2, 0.25) is 0 Å². The van der Waals surface area contributed by atoms with E-state index in [-0.39, 0.29) is 11.6 Å². The number of benzene rings is 1. The summed E-state index contributed by atoms with van der Waals surface area (Å²) in [5.41, 5.74) is 0.775. The lowest BCUT2D eigenvalue weighted by atomic mass is 10.2. The molecule has 0 amide bonds. The number of sulfonamides is 1. The number of hydrogen-bond donors (Lipinski definition) is 2. The number of nitrogens with one attached hydrogen (secondary N) is 2. The van der Waals surface area contributed by atoms with Crippen LogP contribution in [0, 0.1) is 5.82 Å². The van der Waals surface area contributed by atoms with Crippen LogP contribution < -0.4 is 10.0 Å². The molecule has 0 aliphatic rings. The number of halogens is 2. The highest BCUT2D eigenvalue weighted by Crippen LogP contribution is 2.16. The van der Waals surface area contributed by atoms with Crippen LogP contribution in [0.25, 0.3) is 0 Å². The van der Waals surface area contributed by atoms with Crippen LogP contribution in [-0.4, -0.2) is 27.3 Å². The van der Waals surface area contributed by atoms with Gasteiger partial charge in [-0.2, -0.15) is 0 Å². The van der Waals surface area contributed by atoms with Gasteiger partial charge < -0.3 is 5.32 Å². The summed E-state index contributed by atoms with van der Waals surface area (Å²) < 4.78 is 38.7. The first-order chi connectivity index (χ1) is 8.44. The van der Waals surface area contributed by atoms with E-state index < -0.39 is 10.0 Å². The van der Waals surface area contributed by atoms with E-state index in [0.29, 0.717) is 24.1 Å². The second kappa shape index (κ2) is 7.18. The van der Waals surface area contributed by atoms with Gasteiger partial charge in [-0.3, -0.25) is 0 Å². The van der Waals surface area contributed by atoms with Crippen molar-refractivity contribution in [3.8, 4) is 0 Å². The molecule has 0 aliphatic carbocycles. The Labute approximate surface area is 115 Å². The summed E-state index contributed by atoms with van der Waals surface area (Å²) in [6.45, 7) is 2.88. The third-order valence-electron chi connectivity index (χ3n) is 2.22. The highest BCUT2D eigenvalue weighted by molar-refractivity contribution is 9.10. The standard InChI is InChI=1S/C11H16BrFN2O2S/c1-2-15-18(16,17)6-5-14-8-9-3-4-10(12)11(13)7-9/h3-4,7,14-15H,2,5-6,8H2,1H3. The topological polar surface area (TPSA) is 58.2 Å². The molecule has 18 heavy (non-hydrogen) atoms. The Balaban J connectivity index is 2.36. The minimum Gasteiger partial charge on any atom is -0.312 e. The van der Waals surface area contributed by atoms with Crippen molar-refractivity contribution in [2.45, 2.75) is 13.5 Å². The van der Waals surface area contributed by atoms with Crippen molar-refractivity contribution in [2.75, 3.05) is 18.8 Å². The Morgan fingerprint density at radius 2 is 2.11 bits per heavy atom. The highest BCUT2D eigenvalue weighted by atomic mass is 79.9. The average molecular weight is 339 g/mol. The summed E-state index contributed by atoms with van der Waals surface area (Å²) in [6, 6.07) is 4.82. The van der Waals surface area contributed by atoms with E-state index in [4.69, 9.17) is 0 Å². The molecule has 0 unspecified atom stereocenters. The molecule has 1 aromatic carbocycles. The van der Waals surface area contributed by atoms with E-state index in [9.17, 15) is 12.8 Å². The average Bonchev–Trinajstić information content (AvgIpc) is 2.29. The molecule has 0 bridgehead atoms. The Morgan fingerprint density at radius 3 is 2.72 bits per heavy atom. The van der Waals surface area contributed by atoms with E-state index in [1.54, 1.807) is 19.1 Å². The Morgan fingerprint density at radius 1 is 1.39 bits per heavy atom. The molecule has 0 aromatic heterocycles. The quantitative estimate of drug-likeness (QED) is 0.742. The predicted molar refractivity (Wildman–Crippen MR) is 73.3 cm³/mol. The molecule has 4 nitrogen and oxygen atoms in total. The maximum Gasteiger partial charge on any atom is 0.212 e. The van der Waals surface area contributed by atoms with Gasteiger partial charge in [0.05, 0.1) is 10.2 Å². The van der Waals surface area contributed by atoms with Crippen LogP contribution in [0.1, 0.15) is 12.5 Å². The van der Waals surface area contributed by atoms with Crippen molar-refractivity contribution < 1.29 is 12.8 Å². The van der Waals surface area contributed by atoms with Crippen LogP contribution in [0.15, 0.2) is 22.7 Å². The van der Waals surface area contributed by atoms with Gasteiger partial charge in [-0.25, -0.2) is 17.5 Å². The van der Waals surface area contributed by atoms with Gasteiger partial charge in [-0.1, -0.05) is 13.0 Å². The van der Waals surface area contributed by atoms with E-state index in [2.05, 4.69) is 26.0 Å². The van der Waals surface area contributed by atoms with Gasteiger partial charge in [-0.15, -0.1) is 0 Å². The van der Waals surface area contributed by atoms with Gasteiger partial charge in [0, 0.05) is 19.6 Å². The predicted octanol–water partition coefficient (Wildman–Crippen LogP) is 1.62. The molecule has 0 spiro atoms. The molecule has 0 saturated heterocycles. The monoisotopic (exact) mass is 338 g/mol. The smallest absolute Gasteiger partial charge is 0.212 e. The zero-order valence-corrected chi connectivity index (χ0v) is 12.4. The molecule has 2 N–H and O–H groups in total. The fourth-order valence-corrected chi connectivity index (χ4v) is 2.62. The second-order valence-corrected chi connectivity index (χ2v) is 6.52. The molecule has 7 heteroatoms. The van der Waals surface area contributed by atoms with Gasteiger partial charge >= 0.3 is 0 Å². The van der Waals surface area contributed by atoms with Crippen molar-refractivity contribution in [1.29, 1.82) is 0 Å². The summed E-state index contributed by atoms with van der Waals surface area (Å²) in [5.74, 6) is -0.311. The van der Waals surface area contributed by atoms with Crippen LogP contribution in [0.5, 0.6) is 0 Å². The second-order valence-electron chi connectivity index (χ2n) is 3.74. The van der Waals surface area contributed by atoms with Gasteiger partial charge in [0.2, 0.25) is 10.0 Å². The van der Waals surface area contributed by atoms with Crippen molar-refractivity contribution >= 4 is 26.0 Å². The largest absolute Gasteiger partial charge is 0.312 e. The SMILES string of the molecule is CCNS(=O)(=O)CCNCc1ccc(Br)c(F)c1. The van der Waals surface area contributed by atoms with E-state index >= 15 is 0 Å². The molecule has 0 atom stereocenters. The summed E-state index contributed by atoms with van der Waals surface area (Å²) in [7, 11) is -3.20. The van der Waals surface area contributed by atoms with E-state index in [0.717, 1.165) is 5.56 Å². The van der Waals surface area contributed by atoms with Crippen LogP contribution in [0.3, 0.4) is 0 Å². The van der Waals surface area contributed by atoms with Gasteiger partial charge in [0.1, 0.15) is 5.82 Å². The molecule has 0 fully saturated rings. The Hall–Kier alpha value is -0.500. The van der Waals surface area contributed by atoms with Gasteiger partial charge in [0.25, 0.3) is 0 Å². The third kappa shape index (κ3) is 5.43. The first-order valence-corrected chi connectivity index (χ1v) is 8.01. The molecule has 0 heterocycles. The fraction of sp³-hybridized carbons (Fsp3) is 0.455. The number of rotatable bonds is 7. The highest BCUT2D eigenvalue weighted by Gasteiger charge is 2.07. The lowest BCUT2D eigenvalue weighted by molar-refractivity contribution is 0.578. The van der Waals surface area contributed by atoms with Crippen molar-refractivity contribution in [3.05, 3.63) is 34.1 Å². The minimum absolute atomic E-state index is 0.0137. The molecule has 0 saturated carbocycles. The number of hydrogen-bond acceptors (Lipinski definition) is 3. The third-order valence-corrected chi connectivity index (χ3v) is 4.34. The van der Waals surface area contributed by atoms with Crippen molar-refractivity contribution in [2.24, 2.45) is 0 Å². The normalized spacial score (nSPS) is 11.7. The van der Waals surface area contributed by atoms with Crippen LogP contribution in [-0.2, 0) is 16.6 Å². The first-order valence-electron chi connectivity index (χ1n) is 5.56. The van der Waals surface area contributed by atoms with E-state index in [1.807, 2.05) is 0 Å². The summed E-state index contributed by atoms with van der Waals surface area (Å²) in [4.78, 5) is 0. The first kappa shape index (κ1) is 15.6. The zero-order valence-electron chi connectivity index (χ0n) is 10.0. The lowest BCUT2D eigenvalue weighted by Crippen LogP contribution is -2.31. The molecule has 1 rings (SSSR count). The van der Waals surface area contributed by atoms with Crippen molar-refractivity contribution in [1.82, 2.24) is 10.0 Å². The zero-order chi connectivity index (χ0) is 13.6. The summed E-state index contributed by atoms with van der Waals surface area (Å²) in [5, 5.41) is 2.96. The van der Waals surface area contributed by atoms with Crippen LogP contribution in [0.4, 0.5) is 4.39 Å². The van der Waals surface area contributed by atoms with Gasteiger partial charge in [0.15, 0.2) is 0 Å². The molecular weight excluding hydrogens is 323 g/mol.